The molecule has 0 bridgehead atoms. The maximum absolute atomic E-state index is 13.3. The smallest absolute Gasteiger partial charge is 0.227 e. The van der Waals surface area contributed by atoms with Crippen LogP contribution in [0.25, 0.3) is 0 Å². The van der Waals surface area contributed by atoms with E-state index in [9.17, 15) is 9.18 Å². The minimum Gasteiger partial charge on any atom is -0.376 e. The number of carbonyl (C=O) groups excluding carboxylic acids is 1. The predicted molar refractivity (Wildman–Crippen MR) is 79.0 cm³/mol. The lowest BCUT2D eigenvalue weighted by Crippen LogP contribution is -2.41. The Balaban J connectivity index is 2.08. The highest BCUT2D eigenvalue weighted by Gasteiger charge is 2.25. The van der Waals surface area contributed by atoms with Gasteiger partial charge in [-0.2, -0.15) is 0 Å². The second-order valence-corrected chi connectivity index (χ2v) is 5.62. The normalized spacial score (nSPS) is 19.5. The first-order chi connectivity index (χ1) is 10.1. The summed E-state index contributed by atoms with van der Waals surface area (Å²) in [6.45, 7) is 3.81. The number of carbonyl (C=O) groups is 1. The molecular weight excluding hydrogens is 271 g/mol. The fourth-order valence-corrected chi connectivity index (χ4v) is 2.53. The van der Waals surface area contributed by atoms with Gasteiger partial charge in [0.05, 0.1) is 6.10 Å². The molecule has 0 radical (unpaired) electrons. The molecule has 0 aliphatic carbocycles. The summed E-state index contributed by atoms with van der Waals surface area (Å²) in [6.07, 6.45) is 2.07. The molecule has 1 aromatic rings. The third-order valence-corrected chi connectivity index (χ3v) is 3.80. The number of rotatable bonds is 6. The number of benzene rings is 1. The van der Waals surface area contributed by atoms with E-state index < -0.39 is 0 Å². The summed E-state index contributed by atoms with van der Waals surface area (Å²) in [5.74, 6) is -0.527. The Kier molecular flexibility index (Phi) is 5.70. The SMILES string of the molecule is CC(CN)C(=O)N(Cc1cccc(F)c1)CC1CCCO1. The van der Waals surface area contributed by atoms with Gasteiger partial charge in [-0.15, -0.1) is 0 Å². The fourth-order valence-electron chi connectivity index (χ4n) is 2.53. The molecule has 0 spiro atoms. The monoisotopic (exact) mass is 294 g/mol. The van der Waals surface area contributed by atoms with Crippen LogP contribution in [0.15, 0.2) is 24.3 Å². The molecule has 5 heteroatoms. The third kappa shape index (κ3) is 4.51. The minimum atomic E-state index is -0.288. The molecule has 2 unspecified atom stereocenters. The zero-order valence-corrected chi connectivity index (χ0v) is 12.4. The van der Waals surface area contributed by atoms with Gasteiger partial charge in [0.1, 0.15) is 5.82 Å². The molecule has 0 aromatic heterocycles. The van der Waals surface area contributed by atoms with E-state index in [1.54, 1.807) is 11.0 Å². The van der Waals surface area contributed by atoms with Gasteiger partial charge in [0.15, 0.2) is 0 Å². The number of halogens is 1. The van der Waals surface area contributed by atoms with Crippen LogP contribution in [-0.4, -0.2) is 36.6 Å². The summed E-state index contributed by atoms with van der Waals surface area (Å²) in [7, 11) is 0. The Bertz CT molecular complexity index is 475. The maximum Gasteiger partial charge on any atom is 0.227 e. The zero-order valence-electron chi connectivity index (χ0n) is 12.4. The zero-order chi connectivity index (χ0) is 15.2. The first kappa shape index (κ1) is 15.9. The first-order valence-corrected chi connectivity index (χ1v) is 7.45. The van der Waals surface area contributed by atoms with E-state index in [2.05, 4.69) is 0 Å². The molecule has 21 heavy (non-hydrogen) atoms. The second kappa shape index (κ2) is 7.52. The average Bonchev–Trinajstić information content (AvgIpc) is 2.98. The number of ether oxygens (including phenoxy) is 1. The summed E-state index contributed by atoms with van der Waals surface area (Å²) >= 11 is 0. The van der Waals surface area contributed by atoms with Crippen molar-refractivity contribution in [2.75, 3.05) is 19.7 Å². The van der Waals surface area contributed by atoms with Gasteiger partial charge in [-0.25, -0.2) is 4.39 Å². The van der Waals surface area contributed by atoms with Crippen LogP contribution < -0.4 is 5.73 Å². The van der Waals surface area contributed by atoms with E-state index in [-0.39, 0.29) is 23.7 Å². The van der Waals surface area contributed by atoms with Gasteiger partial charge in [-0.05, 0) is 30.5 Å². The highest BCUT2D eigenvalue weighted by atomic mass is 19.1. The minimum absolute atomic E-state index is 0.00254. The van der Waals surface area contributed by atoms with Crippen LogP contribution >= 0.6 is 0 Å². The number of nitrogens with two attached hydrogens (primary N) is 1. The molecule has 1 saturated heterocycles. The van der Waals surface area contributed by atoms with E-state index in [1.807, 2.05) is 13.0 Å². The molecule has 0 saturated carbocycles. The van der Waals surface area contributed by atoms with Crippen molar-refractivity contribution in [1.29, 1.82) is 0 Å². The molecule has 1 heterocycles. The molecule has 1 fully saturated rings. The van der Waals surface area contributed by atoms with Crippen molar-refractivity contribution in [3.8, 4) is 0 Å². The van der Waals surface area contributed by atoms with Gasteiger partial charge < -0.3 is 15.4 Å². The van der Waals surface area contributed by atoms with E-state index in [0.29, 0.717) is 19.6 Å². The third-order valence-electron chi connectivity index (χ3n) is 3.80. The molecule has 1 aliphatic heterocycles. The molecule has 1 aliphatic rings. The lowest BCUT2D eigenvalue weighted by Gasteiger charge is -2.28. The van der Waals surface area contributed by atoms with Crippen molar-refractivity contribution in [1.82, 2.24) is 4.90 Å². The lowest BCUT2D eigenvalue weighted by atomic mass is 10.1. The quantitative estimate of drug-likeness (QED) is 0.872. The van der Waals surface area contributed by atoms with Crippen LogP contribution in [0.4, 0.5) is 4.39 Å². The molecule has 1 amide bonds. The van der Waals surface area contributed by atoms with Crippen LogP contribution in [0, 0.1) is 11.7 Å². The van der Waals surface area contributed by atoms with Gasteiger partial charge in [0.25, 0.3) is 0 Å². The fraction of sp³-hybridized carbons (Fsp3) is 0.562. The van der Waals surface area contributed by atoms with Gasteiger partial charge in [-0.3, -0.25) is 4.79 Å². The summed E-state index contributed by atoms with van der Waals surface area (Å²) < 4.78 is 18.9. The van der Waals surface area contributed by atoms with Crippen LogP contribution in [0.2, 0.25) is 0 Å². The molecular formula is C16H23FN2O2. The van der Waals surface area contributed by atoms with Crippen molar-refractivity contribution in [2.45, 2.75) is 32.4 Å². The molecule has 2 N–H and O–H groups in total. The van der Waals surface area contributed by atoms with Crippen LogP contribution in [-0.2, 0) is 16.1 Å². The molecule has 116 valence electrons. The summed E-state index contributed by atoms with van der Waals surface area (Å²) in [5, 5.41) is 0. The summed E-state index contributed by atoms with van der Waals surface area (Å²) in [4.78, 5) is 14.2. The summed E-state index contributed by atoms with van der Waals surface area (Å²) in [6, 6.07) is 6.35. The number of hydrogen-bond acceptors (Lipinski definition) is 3. The standard InChI is InChI=1S/C16H23FN2O2/c1-12(9-18)16(20)19(11-15-6-3-7-21-15)10-13-4-2-5-14(17)8-13/h2,4-5,8,12,15H,3,6-7,9-11,18H2,1H3. The number of amides is 1. The maximum atomic E-state index is 13.3. The van der Waals surface area contributed by atoms with E-state index >= 15 is 0 Å². The van der Waals surface area contributed by atoms with Gasteiger partial charge in [0, 0.05) is 32.2 Å². The Morgan fingerprint density at radius 2 is 2.38 bits per heavy atom. The molecule has 2 atom stereocenters. The van der Waals surface area contributed by atoms with Crippen LogP contribution in [0.1, 0.15) is 25.3 Å². The Labute approximate surface area is 125 Å². The Morgan fingerprint density at radius 3 is 3.00 bits per heavy atom. The van der Waals surface area contributed by atoms with Crippen LogP contribution in [0.3, 0.4) is 0 Å². The lowest BCUT2D eigenvalue weighted by molar-refractivity contribution is -0.137. The molecule has 4 nitrogen and oxygen atoms in total. The van der Waals surface area contributed by atoms with E-state index in [0.717, 1.165) is 25.0 Å². The van der Waals surface area contributed by atoms with Crippen molar-refractivity contribution in [3.05, 3.63) is 35.6 Å². The van der Waals surface area contributed by atoms with Crippen molar-refractivity contribution >= 4 is 5.91 Å². The second-order valence-electron chi connectivity index (χ2n) is 5.62. The summed E-state index contributed by atoms with van der Waals surface area (Å²) in [5.41, 5.74) is 6.38. The first-order valence-electron chi connectivity index (χ1n) is 7.45. The van der Waals surface area contributed by atoms with Gasteiger partial charge >= 0.3 is 0 Å². The van der Waals surface area contributed by atoms with E-state index in [4.69, 9.17) is 10.5 Å². The largest absolute Gasteiger partial charge is 0.376 e. The van der Waals surface area contributed by atoms with Crippen molar-refractivity contribution < 1.29 is 13.9 Å². The number of nitrogens with zero attached hydrogens (tertiary/aromatic N) is 1. The van der Waals surface area contributed by atoms with Crippen molar-refractivity contribution in [2.24, 2.45) is 11.7 Å². The predicted octanol–water partition coefficient (Wildman–Crippen LogP) is 1.93. The average molecular weight is 294 g/mol. The van der Waals surface area contributed by atoms with Crippen LogP contribution in [0.5, 0.6) is 0 Å². The van der Waals surface area contributed by atoms with Crippen molar-refractivity contribution in [3.63, 3.8) is 0 Å². The Hall–Kier alpha value is -1.46. The van der Waals surface area contributed by atoms with Gasteiger partial charge in [-0.1, -0.05) is 19.1 Å². The Morgan fingerprint density at radius 1 is 1.57 bits per heavy atom. The molecule has 1 aromatic carbocycles. The highest BCUT2D eigenvalue weighted by Crippen LogP contribution is 2.17. The van der Waals surface area contributed by atoms with Gasteiger partial charge in [0.2, 0.25) is 5.91 Å². The topological polar surface area (TPSA) is 55.6 Å². The number of hydrogen-bond donors (Lipinski definition) is 1. The molecule has 2 rings (SSSR count). The highest BCUT2D eigenvalue weighted by molar-refractivity contribution is 5.78. The van der Waals surface area contributed by atoms with E-state index in [1.165, 1.54) is 12.1 Å².